The van der Waals surface area contributed by atoms with Crippen LogP contribution < -0.4 is 0 Å². The van der Waals surface area contributed by atoms with Crippen molar-refractivity contribution in [3.8, 4) is 33.6 Å². The molecule has 0 bridgehead atoms. The monoisotopic (exact) mass is 597 g/mol. The summed E-state index contributed by atoms with van der Waals surface area (Å²) in [6.07, 6.45) is 0. The minimum absolute atomic E-state index is 0.550. The quantitative estimate of drug-likeness (QED) is 0.194. The second-order valence-corrected chi connectivity index (χ2v) is 12.7. The number of nitrogens with zero attached hydrogens (tertiary/aromatic N) is 3. The van der Waals surface area contributed by atoms with Crippen LogP contribution in [-0.2, 0) is 5.41 Å². The maximum Gasteiger partial charge on any atom is 0.134 e. The smallest absolute Gasteiger partial charge is 0.134 e. The maximum absolute atomic E-state index is 5.46. The molecule has 0 saturated carbocycles. The normalized spacial score (nSPS) is 13.7. The van der Waals surface area contributed by atoms with Crippen LogP contribution in [-0.4, -0.2) is 14.1 Å². The van der Waals surface area contributed by atoms with Crippen molar-refractivity contribution in [1.82, 2.24) is 14.1 Å². The number of hydrogen-bond acceptors (Lipinski definition) is 1. The number of benzene rings is 7. The lowest BCUT2D eigenvalue weighted by Crippen LogP contribution is -2.27. The maximum atomic E-state index is 5.46. The Hall–Kier alpha value is -6.19. The Kier molecular flexibility index (Phi) is 4.78. The van der Waals surface area contributed by atoms with E-state index in [4.69, 9.17) is 4.98 Å². The molecule has 3 heteroatoms. The van der Waals surface area contributed by atoms with Gasteiger partial charge < -0.3 is 4.57 Å². The SMILES string of the molecule is c1ccc(-n2c3ccccc3c3cc(-c4cccc5c4C4(c6ccccc6-c6ccccc64)c4nc6ccccc6n4-5)ccc32)cc1. The molecule has 47 heavy (non-hydrogen) atoms. The van der Waals surface area contributed by atoms with Gasteiger partial charge in [-0.3, -0.25) is 4.57 Å². The molecular weight excluding hydrogens is 571 g/mol. The zero-order valence-electron chi connectivity index (χ0n) is 25.4. The highest BCUT2D eigenvalue weighted by Crippen LogP contribution is 2.62. The molecule has 9 aromatic rings. The summed E-state index contributed by atoms with van der Waals surface area (Å²) in [5, 5.41) is 2.51. The molecule has 0 atom stereocenters. The number of fused-ring (bicyclic) bond motifs is 15. The summed E-state index contributed by atoms with van der Waals surface area (Å²) in [6, 6.07) is 59.8. The fourth-order valence-corrected chi connectivity index (χ4v) is 8.74. The van der Waals surface area contributed by atoms with Gasteiger partial charge >= 0.3 is 0 Å². The zero-order chi connectivity index (χ0) is 30.7. The van der Waals surface area contributed by atoms with Gasteiger partial charge in [-0.2, -0.15) is 0 Å². The van der Waals surface area contributed by atoms with E-state index in [-0.39, 0.29) is 0 Å². The predicted octanol–water partition coefficient (Wildman–Crippen LogP) is 10.5. The Morgan fingerprint density at radius 1 is 0.447 bits per heavy atom. The van der Waals surface area contributed by atoms with E-state index < -0.39 is 5.41 Å². The highest BCUT2D eigenvalue weighted by molar-refractivity contribution is 6.11. The second kappa shape index (κ2) is 8.96. The van der Waals surface area contributed by atoms with Crippen LogP contribution in [0.25, 0.3) is 66.5 Å². The Bertz CT molecular complexity index is 2700. The van der Waals surface area contributed by atoms with Gasteiger partial charge in [-0.1, -0.05) is 115 Å². The van der Waals surface area contributed by atoms with Crippen molar-refractivity contribution in [2.24, 2.45) is 0 Å². The van der Waals surface area contributed by atoms with Gasteiger partial charge in [-0.25, -0.2) is 4.98 Å². The molecule has 218 valence electrons. The number of rotatable bonds is 2. The van der Waals surface area contributed by atoms with Gasteiger partial charge in [0.2, 0.25) is 0 Å². The molecule has 1 aliphatic heterocycles. The molecular formula is C44H27N3. The van der Waals surface area contributed by atoms with E-state index in [1.807, 2.05) is 0 Å². The first-order valence-electron chi connectivity index (χ1n) is 16.2. The van der Waals surface area contributed by atoms with Gasteiger partial charge in [0, 0.05) is 22.0 Å². The third-order valence-corrected chi connectivity index (χ3v) is 10.5. The van der Waals surface area contributed by atoms with Crippen LogP contribution in [0.3, 0.4) is 0 Å². The van der Waals surface area contributed by atoms with Crippen molar-refractivity contribution >= 4 is 32.8 Å². The van der Waals surface area contributed by atoms with Crippen LogP contribution in [0.2, 0.25) is 0 Å². The van der Waals surface area contributed by atoms with Crippen LogP contribution in [0.15, 0.2) is 164 Å². The number of imidazole rings is 1. The Morgan fingerprint density at radius 2 is 1.09 bits per heavy atom. The van der Waals surface area contributed by atoms with E-state index in [0.717, 1.165) is 16.9 Å². The summed E-state index contributed by atoms with van der Waals surface area (Å²) in [5.74, 6) is 1.07. The Morgan fingerprint density at radius 3 is 1.89 bits per heavy atom. The Balaban J connectivity index is 1.27. The molecule has 0 N–H and O–H groups in total. The Labute approximate surface area is 271 Å². The molecule has 2 aliphatic rings. The number of aromatic nitrogens is 3. The largest absolute Gasteiger partial charge is 0.309 e. The van der Waals surface area contributed by atoms with Gasteiger partial charge in [0.15, 0.2) is 0 Å². The van der Waals surface area contributed by atoms with Crippen LogP contribution in [0.5, 0.6) is 0 Å². The van der Waals surface area contributed by atoms with Crippen LogP contribution >= 0.6 is 0 Å². The van der Waals surface area contributed by atoms with Crippen molar-refractivity contribution in [2.45, 2.75) is 5.41 Å². The fraction of sp³-hybridized carbons (Fsp3) is 0.0227. The lowest BCUT2D eigenvalue weighted by Gasteiger charge is -2.29. The molecule has 11 rings (SSSR count). The number of para-hydroxylation sites is 4. The molecule has 2 aromatic heterocycles. The summed E-state index contributed by atoms with van der Waals surface area (Å²) in [6.45, 7) is 0. The summed E-state index contributed by atoms with van der Waals surface area (Å²) in [5.41, 5.74) is 15.3. The molecule has 0 fully saturated rings. The minimum Gasteiger partial charge on any atom is -0.309 e. The summed E-state index contributed by atoms with van der Waals surface area (Å²) < 4.78 is 4.81. The molecule has 0 saturated heterocycles. The van der Waals surface area contributed by atoms with Crippen molar-refractivity contribution < 1.29 is 0 Å². The molecule has 0 radical (unpaired) electrons. The van der Waals surface area contributed by atoms with Crippen molar-refractivity contribution in [1.29, 1.82) is 0 Å². The highest BCUT2D eigenvalue weighted by Gasteiger charge is 2.55. The first-order valence-corrected chi connectivity index (χ1v) is 16.2. The molecule has 0 unspecified atom stereocenters. The summed E-state index contributed by atoms with van der Waals surface area (Å²) >= 11 is 0. The van der Waals surface area contributed by atoms with Crippen molar-refractivity contribution in [3.05, 3.63) is 186 Å². The van der Waals surface area contributed by atoms with Crippen molar-refractivity contribution in [2.75, 3.05) is 0 Å². The molecule has 3 heterocycles. The lowest BCUT2D eigenvalue weighted by molar-refractivity contribution is 0.739. The topological polar surface area (TPSA) is 22.8 Å². The first-order chi connectivity index (χ1) is 23.3. The molecule has 7 aromatic carbocycles. The molecule has 3 nitrogen and oxygen atoms in total. The van der Waals surface area contributed by atoms with E-state index in [9.17, 15) is 0 Å². The van der Waals surface area contributed by atoms with Gasteiger partial charge in [-0.05, 0) is 81.9 Å². The van der Waals surface area contributed by atoms with Gasteiger partial charge in [0.25, 0.3) is 0 Å². The third kappa shape index (κ3) is 3.04. The van der Waals surface area contributed by atoms with Gasteiger partial charge in [0.05, 0.1) is 27.8 Å². The van der Waals surface area contributed by atoms with E-state index in [1.165, 1.54) is 72.1 Å². The molecule has 1 aliphatic carbocycles. The average molecular weight is 598 g/mol. The van der Waals surface area contributed by atoms with Crippen LogP contribution in [0.4, 0.5) is 0 Å². The predicted molar refractivity (Wildman–Crippen MR) is 192 cm³/mol. The van der Waals surface area contributed by atoms with E-state index in [0.29, 0.717) is 0 Å². The summed E-state index contributed by atoms with van der Waals surface area (Å²) in [4.78, 5) is 5.46. The standard InChI is InChI=1S/C44H27N3/c1-2-13-29(14-3-1)46-38-22-10-6-17-33(38)34-27-28(25-26-39(34)46)30-18-12-24-41-42(30)44(43-45-37-21-9-11-23-40(37)47(41)43)35-19-7-4-15-31(35)32-16-5-8-20-36(32)44/h1-27H. The minimum atomic E-state index is -0.550. The van der Waals surface area contributed by atoms with E-state index in [2.05, 4.69) is 173 Å². The molecule has 0 amide bonds. The van der Waals surface area contributed by atoms with Crippen LogP contribution in [0.1, 0.15) is 22.5 Å². The zero-order valence-corrected chi connectivity index (χ0v) is 25.4. The van der Waals surface area contributed by atoms with Crippen molar-refractivity contribution in [3.63, 3.8) is 0 Å². The first kappa shape index (κ1) is 25.1. The highest BCUT2D eigenvalue weighted by atomic mass is 15.1. The van der Waals surface area contributed by atoms with Gasteiger partial charge in [-0.15, -0.1) is 0 Å². The van der Waals surface area contributed by atoms with E-state index in [1.54, 1.807) is 0 Å². The second-order valence-electron chi connectivity index (χ2n) is 12.7. The van der Waals surface area contributed by atoms with E-state index >= 15 is 0 Å². The van der Waals surface area contributed by atoms with Gasteiger partial charge in [0.1, 0.15) is 11.2 Å². The third-order valence-electron chi connectivity index (χ3n) is 10.5. The van der Waals surface area contributed by atoms with Crippen LogP contribution in [0, 0.1) is 0 Å². The lowest BCUT2D eigenvalue weighted by atomic mass is 9.70. The number of hydrogen-bond donors (Lipinski definition) is 0. The molecule has 1 spiro atoms. The fourth-order valence-electron chi connectivity index (χ4n) is 8.74. The average Bonchev–Trinajstić information content (AvgIpc) is 3.85. The summed E-state index contributed by atoms with van der Waals surface area (Å²) in [7, 11) is 0.